The van der Waals surface area contributed by atoms with Gasteiger partial charge in [-0.2, -0.15) is 5.26 Å². The smallest absolute Gasteiger partial charge is 0.472 e. The van der Waals surface area contributed by atoms with Gasteiger partial charge >= 0.3 is 7.82 Å². The lowest BCUT2D eigenvalue weighted by Gasteiger charge is -2.47. The lowest BCUT2D eigenvalue weighted by molar-refractivity contribution is -0.139. The van der Waals surface area contributed by atoms with Gasteiger partial charge in [0.15, 0.2) is 0 Å². The van der Waals surface area contributed by atoms with Gasteiger partial charge in [0.1, 0.15) is 17.5 Å². The highest BCUT2D eigenvalue weighted by atomic mass is 31.2. The van der Waals surface area contributed by atoms with E-state index in [1.54, 1.807) is 36.9 Å². The molecule has 0 spiro atoms. The minimum absolute atomic E-state index is 0.0374. The number of phosphoric acid groups is 1. The van der Waals surface area contributed by atoms with Gasteiger partial charge in [-0.05, 0) is 51.3 Å². The zero-order valence-corrected chi connectivity index (χ0v) is 19.4. The molecule has 0 aromatic heterocycles. The summed E-state index contributed by atoms with van der Waals surface area (Å²) in [6.07, 6.45) is 2.87. The maximum atomic E-state index is 12.8. The van der Waals surface area contributed by atoms with Gasteiger partial charge in [0.25, 0.3) is 0 Å². The van der Waals surface area contributed by atoms with Crippen LogP contribution in [-0.4, -0.2) is 52.3 Å². The quantitative estimate of drug-likeness (QED) is 0.396. The first-order valence-corrected chi connectivity index (χ1v) is 12.5. The first-order valence-electron chi connectivity index (χ1n) is 11.0. The Morgan fingerprint density at radius 3 is 2.72 bits per heavy atom. The monoisotopic (exact) mass is 466 g/mol. The Bertz CT molecular complexity index is 914. The predicted octanol–water partition coefficient (Wildman–Crippen LogP) is 3.45. The number of carbonyl (C=O) groups is 1. The summed E-state index contributed by atoms with van der Waals surface area (Å²) in [5, 5.41) is 18.2. The summed E-state index contributed by atoms with van der Waals surface area (Å²) < 4.78 is 29.7. The Hall–Kier alpha value is -1.95. The van der Waals surface area contributed by atoms with Crippen LogP contribution < -0.4 is 4.74 Å². The SMILES string of the molecule is CC1(C)Oc2ccc(C#N)cc2[C@@H](N2CCCC2=O)[C@@H]1OP(=O)(O)OCCCCCCO. The second-order valence-corrected chi connectivity index (χ2v) is 10.1. The molecule has 176 valence electrons. The minimum atomic E-state index is -4.46. The molecule has 0 bridgehead atoms. The Labute approximate surface area is 188 Å². The number of benzene rings is 1. The van der Waals surface area contributed by atoms with Gasteiger partial charge in [0.05, 0.1) is 24.3 Å². The molecule has 1 aromatic carbocycles. The van der Waals surface area contributed by atoms with Crippen molar-refractivity contribution in [2.24, 2.45) is 0 Å². The lowest BCUT2D eigenvalue weighted by Crippen LogP contribution is -2.54. The van der Waals surface area contributed by atoms with Crippen molar-refractivity contribution in [3.05, 3.63) is 29.3 Å². The molecule has 1 amide bonds. The number of hydrogen-bond donors (Lipinski definition) is 2. The standard InChI is InChI=1S/C22H31N2O7P/c1-22(2)21(31-32(27,28)29-13-6-4-3-5-12-25)20(24-11-7-8-19(24)26)17-14-16(15-23)9-10-18(17)30-22/h9-10,14,20-21,25H,3-8,11-13H2,1-2H3,(H,27,28)/t20-,21+/m1/s1. The third-order valence-electron chi connectivity index (χ3n) is 5.80. The van der Waals surface area contributed by atoms with Crippen molar-refractivity contribution in [1.29, 1.82) is 5.26 Å². The number of aliphatic hydroxyl groups excluding tert-OH is 1. The van der Waals surface area contributed by atoms with E-state index in [1.807, 2.05) is 0 Å². The maximum Gasteiger partial charge on any atom is 0.472 e. The summed E-state index contributed by atoms with van der Waals surface area (Å²) in [4.78, 5) is 24.7. The van der Waals surface area contributed by atoms with E-state index >= 15 is 0 Å². The number of carbonyl (C=O) groups excluding carboxylic acids is 1. The minimum Gasteiger partial charge on any atom is -0.485 e. The molecule has 2 heterocycles. The summed E-state index contributed by atoms with van der Waals surface area (Å²) >= 11 is 0. The van der Waals surface area contributed by atoms with Crippen molar-refractivity contribution < 1.29 is 33.1 Å². The van der Waals surface area contributed by atoms with E-state index in [4.69, 9.17) is 18.9 Å². The fraction of sp³-hybridized carbons (Fsp3) is 0.636. The van der Waals surface area contributed by atoms with Crippen molar-refractivity contribution in [3.8, 4) is 11.8 Å². The third-order valence-corrected chi connectivity index (χ3v) is 6.80. The average Bonchev–Trinajstić information content (AvgIpc) is 3.16. The molecule has 1 fully saturated rings. The largest absolute Gasteiger partial charge is 0.485 e. The van der Waals surface area contributed by atoms with Crippen LogP contribution in [0.25, 0.3) is 0 Å². The molecule has 9 nitrogen and oxygen atoms in total. The summed E-state index contributed by atoms with van der Waals surface area (Å²) in [6, 6.07) is 6.36. The second kappa shape index (κ2) is 10.3. The van der Waals surface area contributed by atoms with Gasteiger partial charge in [0.2, 0.25) is 5.91 Å². The van der Waals surface area contributed by atoms with Crippen molar-refractivity contribution in [2.75, 3.05) is 19.8 Å². The molecule has 3 atom stereocenters. The van der Waals surface area contributed by atoms with Crippen LogP contribution in [-0.2, 0) is 18.4 Å². The Morgan fingerprint density at radius 2 is 2.06 bits per heavy atom. The number of amides is 1. The molecular weight excluding hydrogens is 435 g/mol. The third kappa shape index (κ3) is 5.69. The highest BCUT2D eigenvalue weighted by Gasteiger charge is 2.52. The first kappa shape index (κ1) is 24.7. The van der Waals surface area contributed by atoms with Crippen LogP contribution in [0, 0.1) is 11.3 Å². The van der Waals surface area contributed by atoms with Gasteiger partial charge in [-0.1, -0.05) is 12.8 Å². The van der Waals surface area contributed by atoms with Gasteiger partial charge in [0, 0.05) is 25.1 Å². The normalized spacial score (nSPS) is 23.8. The number of rotatable bonds is 10. The number of nitrogens with zero attached hydrogens (tertiary/aromatic N) is 2. The van der Waals surface area contributed by atoms with Crippen LogP contribution in [0.15, 0.2) is 18.2 Å². The fourth-order valence-corrected chi connectivity index (χ4v) is 5.30. The van der Waals surface area contributed by atoms with Gasteiger partial charge < -0.3 is 19.6 Å². The number of ether oxygens (including phenoxy) is 1. The van der Waals surface area contributed by atoms with Crippen LogP contribution in [0.4, 0.5) is 0 Å². The average molecular weight is 466 g/mol. The van der Waals surface area contributed by atoms with E-state index in [0.29, 0.717) is 49.1 Å². The van der Waals surface area contributed by atoms with E-state index in [2.05, 4.69) is 6.07 Å². The van der Waals surface area contributed by atoms with Crippen molar-refractivity contribution in [3.63, 3.8) is 0 Å². The highest BCUT2D eigenvalue weighted by Crippen LogP contribution is 2.53. The van der Waals surface area contributed by atoms with Gasteiger partial charge in [-0.3, -0.25) is 13.8 Å². The molecule has 1 aromatic rings. The molecule has 0 saturated carbocycles. The fourth-order valence-electron chi connectivity index (χ4n) is 4.23. The number of aliphatic hydroxyl groups is 1. The number of phosphoric ester groups is 1. The van der Waals surface area contributed by atoms with Crippen LogP contribution in [0.1, 0.15) is 69.5 Å². The van der Waals surface area contributed by atoms with E-state index in [0.717, 1.165) is 12.8 Å². The lowest BCUT2D eigenvalue weighted by atomic mass is 9.85. The topological polar surface area (TPSA) is 129 Å². The van der Waals surface area contributed by atoms with Crippen molar-refractivity contribution >= 4 is 13.7 Å². The van der Waals surface area contributed by atoms with Gasteiger partial charge in [-0.15, -0.1) is 0 Å². The molecule has 3 rings (SSSR count). The molecule has 2 aliphatic heterocycles. The van der Waals surface area contributed by atoms with Crippen LogP contribution in [0.3, 0.4) is 0 Å². The van der Waals surface area contributed by atoms with Crippen LogP contribution >= 0.6 is 7.82 Å². The molecule has 2 aliphatic rings. The molecule has 1 unspecified atom stereocenters. The first-order chi connectivity index (χ1) is 15.2. The summed E-state index contributed by atoms with van der Waals surface area (Å²) in [5.41, 5.74) is -0.0706. The number of unbranched alkanes of at least 4 members (excludes halogenated alkanes) is 3. The maximum absolute atomic E-state index is 12.8. The number of fused-ring (bicyclic) bond motifs is 1. The summed E-state index contributed by atoms with van der Waals surface area (Å²) in [5.74, 6) is 0.434. The van der Waals surface area contributed by atoms with E-state index in [-0.39, 0.29) is 19.1 Å². The number of hydrogen-bond acceptors (Lipinski definition) is 7. The molecule has 32 heavy (non-hydrogen) atoms. The number of nitriles is 1. The molecule has 1 saturated heterocycles. The molecule has 2 N–H and O–H groups in total. The zero-order valence-electron chi connectivity index (χ0n) is 18.5. The summed E-state index contributed by atoms with van der Waals surface area (Å²) in [7, 11) is -4.46. The predicted molar refractivity (Wildman–Crippen MR) is 116 cm³/mol. The molecule has 0 aliphatic carbocycles. The molecule has 0 radical (unpaired) electrons. The van der Waals surface area contributed by atoms with Gasteiger partial charge in [-0.25, -0.2) is 4.57 Å². The van der Waals surface area contributed by atoms with E-state index < -0.39 is 25.6 Å². The Morgan fingerprint density at radius 1 is 1.31 bits per heavy atom. The second-order valence-electron chi connectivity index (χ2n) is 8.67. The van der Waals surface area contributed by atoms with Crippen molar-refractivity contribution in [2.45, 2.75) is 70.1 Å². The zero-order chi connectivity index (χ0) is 23.4. The Balaban J connectivity index is 1.85. The van der Waals surface area contributed by atoms with Crippen LogP contribution in [0.2, 0.25) is 0 Å². The molecule has 10 heteroatoms. The molecular formula is C22H31N2O7P. The summed E-state index contributed by atoms with van der Waals surface area (Å²) in [6.45, 7) is 4.11. The van der Waals surface area contributed by atoms with E-state index in [1.165, 1.54) is 0 Å². The highest BCUT2D eigenvalue weighted by molar-refractivity contribution is 7.47. The van der Waals surface area contributed by atoms with Crippen LogP contribution in [0.5, 0.6) is 5.75 Å². The van der Waals surface area contributed by atoms with Crippen molar-refractivity contribution in [1.82, 2.24) is 4.90 Å². The number of likely N-dealkylation sites (tertiary alicyclic amines) is 1. The van der Waals surface area contributed by atoms with E-state index in [9.17, 15) is 19.5 Å². The Kier molecular flexibility index (Phi) is 7.97.